The third kappa shape index (κ3) is 6.32. The minimum Gasteiger partial charge on any atom is -0.370 e. The van der Waals surface area contributed by atoms with E-state index in [1.54, 1.807) is 24.3 Å². The molecule has 0 saturated carbocycles. The first-order valence-corrected chi connectivity index (χ1v) is 12.4. The van der Waals surface area contributed by atoms with Crippen LogP contribution in [0.2, 0.25) is 0 Å². The van der Waals surface area contributed by atoms with Gasteiger partial charge in [0.15, 0.2) is 0 Å². The molecule has 37 heavy (non-hydrogen) atoms. The second-order valence-corrected chi connectivity index (χ2v) is 8.79. The van der Waals surface area contributed by atoms with E-state index in [0.29, 0.717) is 22.6 Å². The van der Waals surface area contributed by atoms with Crippen molar-refractivity contribution in [1.82, 2.24) is 10.6 Å². The van der Waals surface area contributed by atoms with E-state index in [2.05, 4.69) is 36.6 Å². The number of nitrogens with zero attached hydrogens (tertiary/aromatic N) is 2. The van der Waals surface area contributed by atoms with Crippen molar-refractivity contribution in [2.45, 2.75) is 12.8 Å². The molecular weight excluding hydrogens is 466 g/mol. The molecule has 0 aliphatic carbocycles. The van der Waals surface area contributed by atoms with Crippen molar-refractivity contribution in [2.75, 3.05) is 42.1 Å². The van der Waals surface area contributed by atoms with Gasteiger partial charge in [-0.15, -0.1) is 0 Å². The van der Waals surface area contributed by atoms with Gasteiger partial charge in [-0.05, 0) is 79.6 Å². The van der Waals surface area contributed by atoms with Gasteiger partial charge in [-0.1, -0.05) is 6.07 Å². The second-order valence-electron chi connectivity index (χ2n) is 8.79. The van der Waals surface area contributed by atoms with Gasteiger partial charge in [0.1, 0.15) is 11.7 Å². The van der Waals surface area contributed by atoms with Gasteiger partial charge < -0.3 is 26.6 Å². The number of amides is 3. The van der Waals surface area contributed by atoms with Crippen LogP contribution in [0.3, 0.4) is 0 Å². The zero-order valence-electron chi connectivity index (χ0n) is 20.4. The summed E-state index contributed by atoms with van der Waals surface area (Å²) < 4.78 is 0. The number of hydrogen-bond acceptors (Lipinski definition) is 6. The summed E-state index contributed by atoms with van der Waals surface area (Å²) in [6, 6.07) is 21.5. The lowest BCUT2D eigenvalue weighted by Crippen LogP contribution is -2.30. The quantitative estimate of drug-likeness (QED) is 0.354. The lowest BCUT2D eigenvalue weighted by molar-refractivity contribution is 0.102. The first-order valence-electron chi connectivity index (χ1n) is 12.4. The molecule has 3 aromatic rings. The first-order chi connectivity index (χ1) is 18.1. The lowest BCUT2D eigenvalue weighted by Gasteiger charge is -2.15. The van der Waals surface area contributed by atoms with Gasteiger partial charge in [-0.2, -0.15) is 0 Å². The smallest absolute Gasteiger partial charge is 0.323 e. The number of anilines is 3. The second kappa shape index (κ2) is 11.4. The molecule has 9 nitrogen and oxygen atoms in total. The molecule has 0 saturated heterocycles. The van der Waals surface area contributed by atoms with Crippen LogP contribution in [0, 0.1) is 0 Å². The normalized spacial score (nSPS) is 14.8. The average molecular weight is 496 g/mol. The number of amidine groups is 2. The Kier molecular flexibility index (Phi) is 7.40. The fourth-order valence-corrected chi connectivity index (χ4v) is 4.11. The van der Waals surface area contributed by atoms with E-state index in [1.807, 2.05) is 48.5 Å². The van der Waals surface area contributed by atoms with Gasteiger partial charge in [-0.25, -0.2) is 4.79 Å². The van der Waals surface area contributed by atoms with E-state index in [-0.39, 0.29) is 5.91 Å². The molecule has 5 N–H and O–H groups in total. The molecule has 0 fully saturated rings. The monoisotopic (exact) mass is 495 g/mol. The van der Waals surface area contributed by atoms with E-state index in [4.69, 9.17) is 0 Å². The van der Waals surface area contributed by atoms with Crippen LogP contribution in [-0.2, 0) is 0 Å². The summed E-state index contributed by atoms with van der Waals surface area (Å²) in [5.41, 5.74) is 4.26. The van der Waals surface area contributed by atoms with Crippen molar-refractivity contribution < 1.29 is 9.59 Å². The number of benzene rings is 3. The van der Waals surface area contributed by atoms with Gasteiger partial charge in [0.05, 0.1) is 0 Å². The number of carbonyl (C=O) groups excluding carboxylic acids is 2. The molecular formula is C28H29N7O2. The highest BCUT2D eigenvalue weighted by Gasteiger charge is 2.11. The van der Waals surface area contributed by atoms with E-state index in [1.165, 1.54) is 0 Å². The Labute approximate surface area is 215 Å². The van der Waals surface area contributed by atoms with E-state index in [0.717, 1.165) is 61.8 Å². The maximum Gasteiger partial charge on any atom is 0.323 e. The third-order valence-corrected chi connectivity index (χ3v) is 6.01. The summed E-state index contributed by atoms with van der Waals surface area (Å²) in [5, 5.41) is 15.1. The van der Waals surface area contributed by atoms with Crippen LogP contribution in [0.1, 0.15) is 34.3 Å². The fourth-order valence-electron chi connectivity index (χ4n) is 4.11. The van der Waals surface area contributed by atoms with E-state index in [9.17, 15) is 9.59 Å². The summed E-state index contributed by atoms with van der Waals surface area (Å²) >= 11 is 0. The van der Waals surface area contributed by atoms with Gasteiger partial charge in [0, 0.05) is 59.9 Å². The van der Waals surface area contributed by atoms with Gasteiger partial charge in [0.25, 0.3) is 5.91 Å². The van der Waals surface area contributed by atoms with Crippen LogP contribution < -0.4 is 26.6 Å². The molecule has 0 aromatic heterocycles. The Morgan fingerprint density at radius 1 is 0.649 bits per heavy atom. The molecule has 3 amide bonds. The molecule has 0 bridgehead atoms. The molecule has 0 spiro atoms. The number of hydrogen-bond donors (Lipinski definition) is 5. The van der Waals surface area contributed by atoms with Crippen LogP contribution in [0.25, 0.3) is 0 Å². The van der Waals surface area contributed by atoms with Crippen LogP contribution >= 0.6 is 0 Å². The molecule has 3 aromatic carbocycles. The number of aliphatic imine (C=N–C) groups is 2. The summed E-state index contributed by atoms with van der Waals surface area (Å²) in [6.07, 6.45) is 2.07. The third-order valence-electron chi connectivity index (χ3n) is 6.01. The molecule has 188 valence electrons. The van der Waals surface area contributed by atoms with Crippen LogP contribution in [-0.4, -0.2) is 49.8 Å². The van der Waals surface area contributed by atoms with Crippen molar-refractivity contribution in [1.29, 1.82) is 0 Å². The van der Waals surface area contributed by atoms with Crippen LogP contribution in [0.4, 0.5) is 21.9 Å². The first kappa shape index (κ1) is 24.1. The van der Waals surface area contributed by atoms with Gasteiger partial charge in [0.2, 0.25) is 0 Å². The standard InChI is InChI=1S/C28H29N7O2/c36-27(33-22-10-6-19(7-11-22)25-29-14-2-15-30-25)21-4-1-5-24(18-21)35-28(37)34-23-12-8-20(9-13-23)26-31-16-3-17-32-26/h1,4-13,18H,2-3,14-17H2,(H,29,30)(H,31,32)(H,33,36)(H2,34,35,37). The molecule has 2 heterocycles. The molecule has 0 radical (unpaired) electrons. The van der Waals surface area contributed by atoms with Crippen molar-refractivity contribution in [3.8, 4) is 0 Å². The Balaban J connectivity index is 1.16. The largest absolute Gasteiger partial charge is 0.370 e. The Bertz CT molecular complexity index is 1330. The lowest BCUT2D eigenvalue weighted by atomic mass is 10.1. The minimum atomic E-state index is -0.395. The zero-order chi connectivity index (χ0) is 25.5. The molecule has 9 heteroatoms. The summed E-state index contributed by atoms with van der Waals surface area (Å²) in [6.45, 7) is 3.48. The fraction of sp³-hybridized carbons (Fsp3) is 0.214. The highest BCUT2D eigenvalue weighted by Crippen LogP contribution is 2.16. The maximum atomic E-state index is 12.8. The number of rotatable bonds is 6. The average Bonchev–Trinajstić information content (AvgIpc) is 2.95. The topological polar surface area (TPSA) is 119 Å². The van der Waals surface area contributed by atoms with E-state index >= 15 is 0 Å². The summed E-state index contributed by atoms with van der Waals surface area (Å²) in [4.78, 5) is 34.3. The molecule has 2 aliphatic heterocycles. The number of urea groups is 1. The number of nitrogens with one attached hydrogen (secondary N) is 5. The van der Waals surface area contributed by atoms with Crippen molar-refractivity contribution >= 4 is 40.7 Å². The van der Waals surface area contributed by atoms with Crippen LogP contribution in [0.15, 0.2) is 82.8 Å². The predicted molar refractivity (Wildman–Crippen MR) is 148 cm³/mol. The predicted octanol–water partition coefficient (Wildman–Crippen LogP) is 4.06. The van der Waals surface area contributed by atoms with Crippen molar-refractivity contribution in [3.63, 3.8) is 0 Å². The van der Waals surface area contributed by atoms with Crippen LogP contribution in [0.5, 0.6) is 0 Å². The summed E-state index contributed by atoms with van der Waals surface area (Å²) in [7, 11) is 0. The highest BCUT2D eigenvalue weighted by atomic mass is 16.2. The molecule has 0 unspecified atom stereocenters. The Morgan fingerprint density at radius 3 is 1.73 bits per heavy atom. The van der Waals surface area contributed by atoms with Gasteiger partial charge in [-0.3, -0.25) is 14.8 Å². The van der Waals surface area contributed by atoms with Crippen molar-refractivity contribution in [2.24, 2.45) is 9.98 Å². The Morgan fingerprint density at radius 2 is 1.19 bits per heavy atom. The number of carbonyl (C=O) groups is 2. The summed E-state index contributed by atoms with van der Waals surface area (Å²) in [5.74, 6) is 1.50. The molecule has 0 atom stereocenters. The molecule has 5 rings (SSSR count). The van der Waals surface area contributed by atoms with Gasteiger partial charge >= 0.3 is 6.03 Å². The highest BCUT2D eigenvalue weighted by molar-refractivity contribution is 6.07. The SMILES string of the molecule is O=C(Nc1ccc(C2=NCCCN2)cc1)Nc1cccc(C(=O)Nc2ccc(C3=NCCCN3)cc2)c1. The molecule has 2 aliphatic rings. The Hall–Kier alpha value is -4.66. The maximum absolute atomic E-state index is 12.8. The van der Waals surface area contributed by atoms with Crippen molar-refractivity contribution in [3.05, 3.63) is 89.5 Å². The minimum absolute atomic E-state index is 0.264. The van der Waals surface area contributed by atoms with E-state index < -0.39 is 6.03 Å². The zero-order valence-corrected chi connectivity index (χ0v) is 20.4.